The Morgan fingerprint density at radius 3 is 2.49 bits per heavy atom. The first-order valence-corrected chi connectivity index (χ1v) is 12.0. The van der Waals surface area contributed by atoms with Crippen LogP contribution in [-0.4, -0.2) is 42.4 Å². The van der Waals surface area contributed by atoms with E-state index >= 15 is 0 Å². The zero-order chi connectivity index (χ0) is 24.8. The molecule has 0 saturated carbocycles. The van der Waals surface area contributed by atoms with E-state index in [1.807, 2.05) is 68.1 Å². The Bertz CT molecular complexity index is 1200. The minimum atomic E-state index is -0.154. The van der Waals surface area contributed by atoms with Gasteiger partial charge in [-0.05, 0) is 68.5 Å². The molecular weight excluding hydrogens is 442 g/mol. The molecular formula is C28H33N3O4. The van der Waals surface area contributed by atoms with Crippen LogP contribution >= 0.6 is 0 Å². The number of ether oxygens (including phenoxy) is 2. The Hall–Kier alpha value is -3.74. The molecule has 2 heterocycles. The van der Waals surface area contributed by atoms with Crippen molar-refractivity contribution in [3.05, 3.63) is 76.5 Å². The average molecular weight is 476 g/mol. The fraction of sp³-hybridized carbons (Fsp3) is 0.357. The predicted molar refractivity (Wildman–Crippen MR) is 137 cm³/mol. The zero-order valence-corrected chi connectivity index (χ0v) is 20.8. The number of amides is 2. The van der Waals surface area contributed by atoms with Gasteiger partial charge in [0, 0.05) is 18.7 Å². The summed E-state index contributed by atoms with van der Waals surface area (Å²) < 4.78 is 16.9. The molecule has 2 amide bonds. The number of nitrogens with one attached hydrogen (secondary N) is 1. The van der Waals surface area contributed by atoms with E-state index in [0.717, 1.165) is 34.7 Å². The van der Waals surface area contributed by atoms with E-state index in [2.05, 4.69) is 29.5 Å². The van der Waals surface area contributed by atoms with Crippen LogP contribution < -0.4 is 14.8 Å². The van der Waals surface area contributed by atoms with Crippen LogP contribution in [-0.2, 0) is 0 Å². The van der Waals surface area contributed by atoms with E-state index < -0.39 is 0 Å². The van der Waals surface area contributed by atoms with Crippen molar-refractivity contribution in [3.63, 3.8) is 0 Å². The number of rotatable bonds is 7. The van der Waals surface area contributed by atoms with Crippen molar-refractivity contribution in [3.8, 4) is 11.5 Å². The van der Waals surface area contributed by atoms with E-state index in [4.69, 9.17) is 14.0 Å². The lowest BCUT2D eigenvalue weighted by molar-refractivity contribution is 0.197. The van der Waals surface area contributed by atoms with Gasteiger partial charge >= 0.3 is 6.03 Å². The summed E-state index contributed by atoms with van der Waals surface area (Å²) in [5.74, 6) is 2.34. The summed E-state index contributed by atoms with van der Waals surface area (Å²) in [4.78, 5) is 14.5. The minimum absolute atomic E-state index is 0.154. The van der Waals surface area contributed by atoms with E-state index in [1.54, 1.807) is 0 Å². The lowest BCUT2D eigenvalue weighted by Crippen LogP contribution is -2.42. The molecule has 35 heavy (non-hydrogen) atoms. The van der Waals surface area contributed by atoms with Gasteiger partial charge in [-0.1, -0.05) is 48.0 Å². The van der Waals surface area contributed by atoms with Crippen LogP contribution in [0, 0.1) is 26.7 Å². The molecule has 1 saturated heterocycles. The fourth-order valence-corrected chi connectivity index (χ4v) is 4.09. The number of aryl methyl sites for hydroxylation is 2. The number of hydrogen-bond donors (Lipinski definition) is 1. The van der Waals surface area contributed by atoms with Crippen LogP contribution in [0.1, 0.15) is 35.7 Å². The second-order valence-corrected chi connectivity index (χ2v) is 9.05. The first-order valence-electron chi connectivity index (χ1n) is 12.0. The number of aromatic nitrogens is 1. The van der Waals surface area contributed by atoms with E-state index in [-0.39, 0.29) is 11.9 Å². The maximum Gasteiger partial charge on any atom is 0.324 e. The first kappa shape index (κ1) is 24.4. The maximum absolute atomic E-state index is 12.7. The largest absolute Gasteiger partial charge is 0.490 e. The molecule has 2 aromatic carbocycles. The summed E-state index contributed by atoms with van der Waals surface area (Å²) in [5, 5.41) is 6.74. The van der Waals surface area contributed by atoms with Gasteiger partial charge in [-0.3, -0.25) is 5.32 Å². The number of benzene rings is 2. The molecule has 1 fully saturated rings. The van der Waals surface area contributed by atoms with E-state index in [0.29, 0.717) is 32.2 Å². The van der Waals surface area contributed by atoms with Gasteiger partial charge < -0.3 is 18.9 Å². The highest BCUT2D eigenvalue weighted by molar-refractivity contribution is 5.88. The van der Waals surface area contributed by atoms with Crippen LogP contribution in [0.2, 0.25) is 0 Å². The van der Waals surface area contributed by atoms with Crippen LogP contribution in [0.15, 0.2) is 58.6 Å². The third kappa shape index (κ3) is 6.44. The first-order chi connectivity index (χ1) is 16.9. The number of urea groups is 1. The molecule has 1 N–H and O–H groups in total. The zero-order valence-electron chi connectivity index (χ0n) is 20.8. The van der Waals surface area contributed by atoms with E-state index in [9.17, 15) is 4.79 Å². The topological polar surface area (TPSA) is 76.8 Å². The molecule has 0 aliphatic carbocycles. The lowest BCUT2D eigenvalue weighted by Gasteiger charge is -2.33. The van der Waals surface area contributed by atoms with Crippen LogP contribution in [0.4, 0.5) is 10.7 Å². The monoisotopic (exact) mass is 475 g/mol. The van der Waals surface area contributed by atoms with Gasteiger partial charge in [0.25, 0.3) is 0 Å². The van der Waals surface area contributed by atoms with Crippen LogP contribution in [0.3, 0.4) is 0 Å². The summed E-state index contributed by atoms with van der Waals surface area (Å²) in [6.07, 6.45) is 3.03. The van der Waals surface area contributed by atoms with Gasteiger partial charge in [-0.15, -0.1) is 0 Å². The van der Waals surface area contributed by atoms with Gasteiger partial charge in [-0.25, -0.2) is 4.79 Å². The molecule has 1 atom stereocenters. The highest BCUT2D eigenvalue weighted by Crippen LogP contribution is 2.27. The van der Waals surface area contributed by atoms with Crippen molar-refractivity contribution in [2.45, 2.75) is 34.1 Å². The smallest absolute Gasteiger partial charge is 0.324 e. The number of hydrogen-bond acceptors (Lipinski definition) is 5. The summed E-state index contributed by atoms with van der Waals surface area (Å²) in [6.45, 7) is 10.2. The van der Waals surface area contributed by atoms with Crippen molar-refractivity contribution < 1.29 is 18.8 Å². The number of likely N-dealkylation sites (tertiary alicyclic amines) is 1. The van der Waals surface area contributed by atoms with Crippen molar-refractivity contribution in [2.75, 3.05) is 31.6 Å². The average Bonchev–Trinajstić information content (AvgIpc) is 3.15. The quantitative estimate of drug-likeness (QED) is 0.423. The second-order valence-electron chi connectivity index (χ2n) is 9.05. The third-order valence-electron chi connectivity index (χ3n) is 6.28. The molecule has 0 bridgehead atoms. The molecule has 1 aromatic heterocycles. The van der Waals surface area contributed by atoms with Crippen molar-refractivity contribution >= 4 is 18.0 Å². The second kappa shape index (κ2) is 11.1. The number of nitrogens with zero attached hydrogens (tertiary/aromatic N) is 2. The standard InChI is InChI=1S/C28H33N3O4/c1-19-7-5-9-25(15-19)33-13-14-34-26-10-6-8-23(17-26)16-24-11-12-31(18-20(24)2)28(32)29-27-21(3)22(4)30-35-27/h5-10,15-17,20H,11-14,18H2,1-4H3,(H,29,32). The SMILES string of the molecule is Cc1cccc(OCCOc2cccc(C=C3CCN(C(=O)Nc4onc(C)c4C)CC3C)c2)c1. The maximum atomic E-state index is 12.7. The van der Waals surface area contributed by atoms with Crippen molar-refractivity contribution in [1.82, 2.24) is 10.1 Å². The molecule has 1 unspecified atom stereocenters. The molecule has 184 valence electrons. The van der Waals surface area contributed by atoms with Gasteiger partial charge in [0.2, 0.25) is 5.88 Å². The van der Waals surface area contributed by atoms with Gasteiger partial charge in [0.05, 0.1) is 5.69 Å². The highest BCUT2D eigenvalue weighted by atomic mass is 16.5. The summed E-state index contributed by atoms with van der Waals surface area (Å²) in [7, 11) is 0. The van der Waals surface area contributed by atoms with Crippen LogP contribution in [0.5, 0.6) is 11.5 Å². The molecule has 0 spiro atoms. The number of piperidine rings is 1. The Balaban J connectivity index is 1.29. The third-order valence-corrected chi connectivity index (χ3v) is 6.28. The molecule has 1 aliphatic heterocycles. The molecule has 4 rings (SSSR count). The molecule has 7 nitrogen and oxygen atoms in total. The van der Waals surface area contributed by atoms with Gasteiger partial charge in [0.1, 0.15) is 24.7 Å². The van der Waals surface area contributed by atoms with E-state index in [1.165, 1.54) is 11.1 Å². The Morgan fingerprint density at radius 1 is 1.11 bits per heavy atom. The number of carbonyl (C=O) groups excluding carboxylic acids is 1. The molecule has 1 aliphatic rings. The van der Waals surface area contributed by atoms with Gasteiger partial charge in [0.15, 0.2) is 0 Å². The molecule has 0 radical (unpaired) electrons. The van der Waals surface area contributed by atoms with Crippen molar-refractivity contribution in [1.29, 1.82) is 0 Å². The van der Waals surface area contributed by atoms with Crippen molar-refractivity contribution in [2.24, 2.45) is 5.92 Å². The number of carbonyl (C=O) groups is 1. The Kier molecular flexibility index (Phi) is 7.75. The molecule has 7 heteroatoms. The fourth-order valence-electron chi connectivity index (χ4n) is 4.09. The highest BCUT2D eigenvalue weighted by Gasteiger charge is 2.25. The predicted octanol–water partition coefficient (Wildman–Crippen LogP) is 6.01. The van der Waals surface area contributed by atoms with Crippen LogP contribution in [0.25, 0.3) is 6.08 Å². The molecule has 3 aromatic rings. The summed E-state index contributed by atoms with van der Waals surface area (Å²) >= 11 is 0. The lowest BCUT2D eigenvalue weighted by atomic mass is 9.91. The number of anilines is 1. The summed E-state index contributed by atoms with van der Waals surface area (Å²) in [6, 6.07) is 15.9. The minimum Gasteiger partial charge on any atom is -0.490 e. The Morgan fingerprint density at radius 2 is 1.83 bits per heavy atom. The normalized spacial score (nSPS) is 16.9. The summed E-state index contributed by atoms with van der Waals surface area (Å²) in [5.41, 5.74) is 5.22. The van der Waals surface area contributed by atoms with Gasteiger partial charge in [-0.2, -0.15) is 0 Å². The Labute approximate surface area is 206 Å².